The van der Waals surface area contributed by atoms with Gasteiger partial charge in [0, 0.05) is 6.04 Å². The third-order valence-corrected chi connectivity index (χ3v) is 4.17. The molecular weight excluding hydrogens is 222 g/mol. The minimum Gasteiger partial charge on any atom is -0.392 e. The van der Waals surface area contributed by atoms with Crippen molar-refractivity contribution in [1.82, 2.24) is 5.32 Å². The largest absolute Gasteiger partial charge is 0.392 e. The molecule has 1 aliphatic rings. The van der Waals surface area contributed by atoms with E-state index in [0.29, 0.717) is 6.04 Å². The maximum atomic E-state index is 9.83. The Morgan fingerprint density at radius 1 is 0.889 bits per heavy atom. The van der Waals surface area contributed by atoms with E-state index in [1.165, 1.54) is 64.2 Å². The summed E-state index contributed by atoms with van der Waals surface area (Å²) in [6, 6.07) is 0.378. The average Bonchev–Trinajstić information content (AvgIpc) is 2.39. The highest BCUT2D eigenvalue weighted by Gasteiger charge is 2.21. The SMILES string of the molecule is CCCCCCCCCCN[C@@H]1CCCC[C@H]1O. The van der Waals surface area contributed by atoms with Crippen LogP contribution in [0.5, 0.6) is 0 Å². The maximum Gasteiger partial charge on any atom is 0.0693 e. The van der Waals surface area contributed by atoms with E-state index < -0.39 is 0 Å². The summed E-state index contributed by atoms with van der Waals surface area (Å²) in [4.78, 5) is 0. The van der Waals surface area contributed by atoms with Crippen molar-refractivity contribution in [3.63, 3.8) is 0 Å². The van der Waals surface area contributed by atoms with Crippen molar-refractivity contribution in [2.24, 2.45) is 0 Å². The zero-order valence-corrected chi connectivity index (χ0v) is 12.3. The quantitative estimate of drug-likeness (QED) is 0.578. The van der Waals surface area contributed by atoms with Crippen LogP contribution >= 0.6 is 0 Å². The average molecular weight is 255 g/mol. The number of nitrogens with one attached hydrogen (secondary N) is 1. The number of hydrogen-bond acceptors (Lipinski definition) is 2. The van der Waals surface area contributed by atoms with E-state index in [0.717, 1.165) is 19.4 Å². The molecule has 0 heterocycles. The first-order valence-electron chi connectivity index (χ1n) is 8.26. The number of hydrogen-bond donors (Lipinski definition) is 2. The summed E-state index contributed by atoms with van der Waals surface area (Å²) in [7, 11) is 0. The molecule has 0 amide bonds. The molecular formula is C16H33NO. The molecule has 0 aromatic carbocycles. The first-order valence-corrected chi connectivity index (χ1v) is 8.26. The predicted molar refractivity (Wildman–Crippen MR) is 78.9 cm³/mol. The summed E-state index contributed by atoms with van der Waals surface area (Å²) in [6.07, 6.45) is 15.6. The van der Waals surface area contributed by atoms with Crippen LogP contribution in [-0.2, 0) is 0 Å². The highest BCUT2D eigenvalue weighted by Crippen LogP contribution is 2.18. The first kappa shape index (κ1) is 16.0. The number of rotatable bonds is 10. The molecule has 2 heteroatoms. The van der Waals surface area contributed by atoms with E-state index in [1.54, 1.807) is 0 Å². The Morgan fingerprint density at radius 2 is 1.50 bits per heavy atom. The van der Waals surface area contributed by atoms with Crippen LogP contribution in [0.4, 0.5) is 0 Å². The van der Waals surface area contributed by atoms with Crippen molar-refractivity contribution in [1.29, 1.82) is 0 Å². The number of unbranched alkanes of at least 4 members (excludes halogenated alkanes) is 7. The normalized spacial score (nSPS) is 24.3. The zero-order chi connectivity index (χ0) is 13.1. The molecule has 0 aliphatic heterocycles. The molecule has 0 saturated heterocycles. The lowest BCUT2D eigenvalue weighted by atomic mass is 9.92. The van der Waals surface area contributed by atoms with Crippen molar-refractivity contribution in [3.8, 4) is 0 Å². The highest BCUT2D eigenvalue weighted by atomic mass is 16.3. The topological polar surface area (TPSA) is 32.3 Å². The molecule has 1 fully saturated rings. The number of aliphatic hydroxyl groups excluding tert-OH is 1. The van der Waals surface area contributed by atoms with Gasteiger partial charge < -0.3 is 10.4 Å². The third kappa shape index (κ3) is 7.38. The summed E-state index contributed by atoms with van der Waals surface area (Å²) in [5.41, 5.74) is 0. The predicted octanol–water partition coefficient (Wildman–Crippen LogP) is 4.02. The van der Waals surface area contributed by atoms with Crippen LogP contribution < -0.4 is 5.32 Å². The van der Waals surface area contributed by atoms with Gasteiger partial charge in [0.15, 0.2) is 0 Å². The Bertz CT molecular complexity index is 184. The maximum absolute atomic E-state index is 9.83. The van der Waals surface area contributed by atoms with Crippen molar-refractivity contribution in [2.75, 3.05) is 6.54 Å². The van der Waals surface area contributed by atoms with Crippen LogP contribution in [0.3, 0.4) is 0 Å². The lowest BCUT2D eigenvalue weighted by Crippen LogP contribution is -2.42. The Kier molecular flexibility index (Phi) is 9.59. The van der Waals surface area contributed by atoms with Gasteiger partial charge in [-0.3, -0.25) is 0 Å². The van der Waals surface area contributed by atoms with Crippen molar-refractivity contribution in [3.05, 3.63) is 0 Å². The van der Waals surface area contributed by atoms with Gasteiger partial charge in [-0.25, -0.2) is 0 Å². The van der Waals surface area contributed by atoms with Crippen LogP contribution in [0.15, 0.2) is 0 Å². The van der Waals surface area contributed by atoms with Gasteiger partial charge in [0.2, 0.25) is 0 Å². The van der Waals surface area contributed by atoms with E-state index in [2.05, 4.69) is 12.2 Å². The van der Waals surface area contributed by atoms with Gasteiger partial charge in [0.1, 0.15) is 0 Å². The fourth-order valence-corrected chi connectivity index (χ4v) is 2.90. The van der Waals surface area contributed by atoms with Gasteiger partial charge in [0.05, 0.1) is 6.10 Å². The molecule has 1 rings (SSSR count). The van der Waals surface area contributed by atoms with E-state index >= 15 is 0 Å². The second-order valence-electron chi connectivity index (χ2n) is 5.89. The van der Waals surface area contributed by atoms with Gasteiger partial charge in [-0.1, -0.05) is 64.7 Å². The van der Waals surface area contributed by atoms with Gasteiger partial charge >= 0.3 is 0 Å². The lowest BCUT2D eigenvalue weighted by molar-refractivity contribution is 0.0909. The zero-order valence-electron chi connectivity index (χ0n) is 12.3. The minimum atomic E-state index is -0.0900. The van der Waals surface area contributed by atoms with E-state index in [9.17, 15) is 5.11 Å². The fraction of sp³-hybridized carbons (Fsp3) is 1.00. The summed E-state index contributed by atoms with van der Waals surface area (Å²) in [6.45, 7) is 3.36. The Morgan fingerprint density at radius 3 is 2.17 bits per heavy atom. The summed E-state index contributed by atoms with van der Waals surface area (Å²) >= 11 is 0. The molecule has 1 aliphatic carbocycles. The van der Waals surface area contributed by atoms with E-state index in [-0.39, 0.29) is 6.10 Å². The Balaban J connectivity index is 1.83. The van der Waals surface area contributed by atoms with Crippen LogP contribution in [0.25, 0.3) is 0 Å². The molecule has 18 heavy (non-hydrogen) atoms. The van der Waals surface area contributed by atoms with Gasteiger partial charge in [-0.05, 0) is 25.8 Å². The van der Waals surface area contributed by atoms with Crippen molar-refractivity contribution < 1.29 is 5.11 Å². The highest BCUT2D eigenvalue weighted by molar-refractivity contribution is 4.79. The van der Waals surface area contributed by atoms with Crippen LogP contribution in [0.2, 0.25) is 0 Å². The molecule has 0 unspecified atom stereocenters. The molecule has 0 spiro atoms. The molecule has 2 nitrogen and oxygen atoms in total. The lowest BCUT2D eigenvalue weighted by Gasteiger charge is -2.28. The second-order valence-corrected chi connectivity index (χ2v) is 5.89. The molecule has 108 valence electrons. The van der Waals surface area contributed by atoms with Crippen molar-refractivity contribution in [2.45, 2.75) is 96.1 Å². The summed E-state index contributed by atoms with van der Waals surface area (Å²) in [5.74, 6) is 0. The smallest absolute Gasteiger partial charge is 0.0693 e. The molecule has 2 atom stereocenters. The van der Waals surface area contributed by atoms with Gasteiger partial charge in [-0.15, -0.1) is 0 Å². The minimum absolute atomic E-state index is 0.0900. The monoisotopic (exact) mass is 255 g/mol. The number of aliphatic hydroxyl groups is 1. The van der Waals surface area contributed by atoms with Gasteiger partial charge in [-0.2, -0.15) is 0 Å². The van der Waals surface area contributed by atoms with E-state index in [1.807, 2.05) is 0 Å². The van der Waals surface area contributed by atoms with Crippen LogP contribution in [0.1, 0.15) is 84.0 Å². The Labute approximate surface area is 114 Å². The second kappa shape index (κ2) is 10.8. The van der Waals surface area contributed by atoms with Gasteiger partial charge in [0.25, 0.3) is 0 Å². The molecule has 0 aromatic rings. The molecule has 0 aromatic heterocycles. The van der Waals surface area contributed by atoms with E-state index in [4.69, 9.17) is 0 Å². The Hall–Kier alpha value is -0.0800. The molecule has 0 radical (unpaired) electrons. The fourth-order valence-electron chi connectivity index (χ4n) is 2.90. The summed E-state index contributed by atoms with van der Waals surface area (Å²) in [5, 5.41) is 13.4. The van der Waals surface area contributed by atoms with Crippen LogP contribution in [0, 0.1) is 0 Å². The first-order chi connectivity index (χ1) is 8.84. The van der Waals surface area contributed by atoms with Crippen molar-refractivity contribution >= 4 is 0 Å². The summed E-state index contributed by atoms with van der Waals surface area (Å²) < 4.78 is 0. The molecule has 1 saturated carbocycles. The molecule has 0 bridgehead atoms. The molecule has 2 N–H and O–H groups in total. The third-order valence-electron chi connectivity index (χ3n) is 4.17. The van der Waals surface area contributed by atoms with Crippen LogP contribution in [-0.4, -0.2) is 23.8 Å². The standard InChI is InChI=1S/C16H33NO/c1-2-3-4-5-6-7-8-11-14-17-15-12-9-10-13-16(15)18/h15-18H,2-14H2,1H3/t15-,16-/m1/s1.